The Morgan fingerprint density at radius 1 is 1.43 bits per heavy atom. The molecule has 1 saturated heterocycles. The molecule has 4 rings (SSSR count). The first kappa shape index (κ1) is 18.6. The summed E-state index contributed by atoms with van der Waals surface area (Å²) in [4.78, 5) is 30.9. The van der Waals surface area contributed by atoms with E-state index in [2.05, 4.69) is 14.7 Å². The molecule has 0 radical (unpaired) electrons. The summed E-state index contributed by atoms with van der Waals surface area (Å²) in [5.41, 5.74) is 1.40. The van der Waals surface area contributed by atoms with Gasteiger partial charge in [0.2, 0.25) is 0 Å². The van der Waals surface area contributed by atoms with Crippen LogP contribution in [0.4, 0.5) is 5.82 Å². The largest absolute Gasteiger partial charge is 0.373 e. The zero-order valence-corrected chi connectivity index (χ0v) is 16.5. The lowest BCUT2D eigenvalue weighted by Gasteiger charge is -2.32. The molecule has 146 valence electrons. The first-order chi connectivity index (χ1) is 13.5. The first-order valence-corrected chi connectivity index (χ1v) is 9.82. The molecule has 1 atom stereocenters. The second-order valence-electron chi connectivity index (χ2n) is 6.85. The number of ether oxygens (including phenoxy) is 1. The highest BCUT2D eigenvalue weighted by atomic mass is 32.1. The number of hydrogen-bond donors (Lipinski definition) is 1. The molecule has 2 aromatic heterocycles. The highest BCUT2D eigenvalue weighted by molar-refractivity contribution is 7.13. The lowest BCUT2D eigenvalue weighted by molar-refractivity contribution is -0.0150. The summed E-state index contributed by atoms with van der Waals surface area (Å²) >= 11 is 1.34. The average Bonchev–Trinajstić information content (AvgIpc) is 3.11. The standard InChI is InChI=1S/C19H21N5O3S/c1-12-3-4-15-14(9-12)16(22-28-15)18(25)24-7-8-27-13(11-24)10-21-17-19(26)23(2)6-5-20-17/h3-6,9,13H,7-8,10-11H2,1-2H3,(H,20,21). The fourth-order valence-corrected chi connectivity index (χ4v) is 3.96. The number of benzene rings is 1. The summed E-state index contributed by atoms with van der Waals surface area (Å²) in [6.45, 7) is 3.80. The van der Waals surface area contributed by atoms with E-state index in [1.807, 2.05) is 25.1 Å². The van der Waals surface area contributed by atoms with Crippen molar-refractivity contribution in [3.05, 3.63) is 52.2 Å². The van der Waals surface area contributed by atoms with Crippen LogP contribution < -0.4 is 10.9 Å². The molecule has 1 unspecified atom stereocenters. The molecule has 1 aliphatic heterocycles. The van der Waals surface area contributed by atoms with Crippen molar-refractivity contribution in [2.45, 2.75) is 13.0 Å². The number of amides is 1. The number of carbonyl (C=O) groups excluding carboxylic acids is 1. The highest BCUT2D eigenvalue weighted by Gasteiger charge is 2.27. The second-order valence-corrected chi connectivity index (χ2v) is 7.65. The van der Waals surface area contributed by atoms with Crippen LogP contribution in [0.5, 0.6) is 0 Å². The Hall–Kier alpha value is -2.78. The fourth-order valence-electron chi connectivity index (χ4n) is 3.21. The van der Waals surface area contributed by atoms with Gasteiger partial charge in [0, 0.05) is 44.5 Å². The van der Waals surface area contributed by atoms with E-state index >= 15 is 0 Å². The zero-order chi connectivity index (χ0) is 19.7. The molecule has 9 heteroatoms. The molecule has 1 fully saturated rings. The van der Waals surface area contributed by atoms with Crippen LogP contribution in [0.2, 0.25) is 0 Å². The van der Waals surface area contributed by atoms with E-state index in [-0.39, 0.29) is 23.4 Å². The Kier molecular flexibility index (Phi) is 5.10. The van der Waals surface area contributed by atoms with E-state index in [9.17, 15) is 9.59 Å². The van der Waals surface area contributed by atoms with Gasteiger partial charge in [-0.2, -0.15) is 4.37 Å². The quantitative estimate of drug-likeness (QED) is 0.718. The molecule has 1 aliphatic rings. The maximum absolute atomic E-state index is 13.0. The predicted molar refractivity (Wildman–Crippen MR) is 108 cm³/mol. The topological polar surface area (TPSA) is 89.3 Å². The van der Waals surface area contributed by atoms with Crippen LogP contribution in [-0.2, 0) is 11.8 Å². The number of aromatic nitrogens is 3. The molecule has 1 N–H and O–H groups in total. The minimum absolute atomic E-state index is 0.0844. The second kappa shape index (κ2) is 7.69. The van der Waals surface area contributed by atoms with Crippen molar-refractivity contribution >= 4 is 33.3 Å². The zero-order valence-electron chi connectivity index (χ0n) is 15.7. The van der Waals surface area contributed by atoms with E-state index in [1.54, 1.807) is 24.3 Å². The number of fused-ring (bicyclic) bond motifs is 1. The normalized spacial score (nSPS) is 17.1. The lowest BCUT2D eigenvalue weighted by Crippen LogP contribution is -2.48. The third-order valence-electron chi connectivity index (χ3n) is 4.77. The molecular weight excluding hydrogens is 378 g/mol. The van der Waals surface area contributed by atoms with Crippen molar-refractivity contribution in [1.29, 1.82) is 0 Å². The summed E-state index contributed by atoms with van der Waals surface area (Å²) in [6, 6.07) is 6.02. The van der Waals surface area contributed by atoms with Crippen molar-refractivity contribution in [3.8, 4) is 0 Å². The number of nitrogens with zero attached hydrogens (tertiary/aromatic N) is 4. The maximum Gasteiger partial charge on any atom is 0.293 e. The van der Waals surface area contributed by atoms with Crippen LogP contribution in [0.3, 0.4) is 0 Å². The number of nitrogens with one attached hydrogen (secondary N) is 1. The third-order valence-corrected chi connectivity index (χ3v) is 5.59. The van der Waals surface area contributed by atoms with Gasteiger partial charge in [0.1, 0.15) is 5.69 Å². The van der Waals surface area contributed by atoms with Crippen molar-refractivity contribution in [3.63, 3.8) is 0 Å². The summed E-state index contributed by atoms with van der Waals surface area (Å²) in [7, 11) is 1.67. The van der Waals surface area contributed by atoms with Gasteiger partial charge in [0.25, 0.3) is 11.5 Å². The van der Waals surface area contributed by atoms with Gasteiger partial charge in [-0.3, -0.25) is 9.59 Å². The van der Waals surface area contributed by atoms with Gasteiger partial charge in [-0.25, -0.2) is 4.98 Å². The third kappa shape index (κ3) is 3.63. The Morgan fingerprint density at radius 3 is 3.14 bits per heavy atom. The number of hydrogen-bond acceptors (Lipinski definition) is 7. The highest BCUT2D eigenvalue weighted by Crippen LogP contribution is 2.25. The Bertz CT molecular complexity index is 1080. The molecule has 3 aromatic rings. The van der Waals surface area contributed by atoms with Crippen LogP contribution in [0, 0.1) is 6.92 Å². The Morgan fingerprint density at radius 2 is 2.29 bits per heavy atom. The smallest absolute Gasteiger partial charge is 0.293 e. The molecule has 0 spiro atoms. The van der Waals surface area contributed by atoms with E-state index < -0.39 is 0 Å². The van der Waals surface area contributed by atoms with Crippen molar-refractivity contribution < 1.29 is 9.53 Å². The number of carbonyl (C=O) groups is 1. The number of aryl methyl sites for hydroxylation is 2. The molecule has 1 aromatic carbocycles. The van der Waals surface area contributed by atoms with E-state index in [1.165, 1.54) is 16.1 Å². The van der Waals surface area contributed by atoms with Crippen LogP contribution in [0.1, 0.15) is 16.1 Å². The summed E-state index contributed by atoms with van der Waals surface area (Å²) in [5.74, 6) is 0.192. The van der Waals surface area contributed by atoms with E-state index in [4.69, 9.17) is 4.74 Å². The average molecular weight is 399 g/mol. The molecular formula is C19H21N5O3S. The summed E-state index contributed by atoms with van der Waals surface area (Å²) < 4.78 is 12.6. The number of anilines is 1. The van der Waals surface area contributed by atoms with Gasteiger partial charge in [0.15, 0.2) is 5.82 Å². The molecule has 0 bridgehead atoms. The molecule has 8 nitrogen and oxygen atoms in total. The van der Waals surface area contributed by atoms with E-state index in [0.29, 0.717) is 31.9 Å². The van der Waals surface area contributed by atoms with Crippen LogP contribution in [-0.4, -0.2) is 57.1 Å². The fraction of sp³-hybridized carbons (Fsp3) is 0.368. The summed E-state index contributed by atoms with van der Waals surface area (Å²) in [6.07, 6.45) is 2.94. The van der Waals surface area contributed by atoms with Gasteiger partial charge < -0.3 is 19.5 Å². The SMILES string of the molecule is Cc1ccc2snc(C(=O)N3CCOC(CNc4nccn(C)c4=O)C3)c2c1. The predicted octanol–water partition coefficient (Wildman–Crippen LogP) is 1.65. The van der Waals surface area contributed by atoms with Gasteiger partial charge in [-0.05, 0) is 30.6 Å². The minimum atomic E-state index is -0.226. The van der Waals surface area contributed by atoms with E-state index in [0.717, 1.165) is 15.6 Å². The van der Waals surface area contributed by atoms with Crippen molar-refractivity contribution in [2.24, 2.45) is 7.05 Å². The Labute approximate surface area is 165 Å². The minimum Gasteiger partial charge on any atom is -0.373 e. The van der Waals surface area contributed by atoms with Crippen LogP contribution in [0.25, 0.3) is 10.1 Å². The monoisotopic (exact) mass is 399 g/mol. The maximum atomic E-state index is 13.0. The van der Waals surface area contributed by atoms with Crippen molar-refractivity contribution in [1.82, 2.24) is 18.8 Å². The van der Waals surface area contributed by atoms with Crippen LogP contribution >= 0.6 is 11.5 Å². The summed E-state index contributed by atoms with van der Waals surface area (Å²) in [5, 5.41) is 3.93. The van der Waals surface area contributed by atoms with Gasteiger partial charge in [0.05, 0.1) is 17.4 Å². The lowest BCUT2D eigenvalue weighted by atomic mass is 10.1. The van der Waals surface area contributed by atoms with Gasteiger partial charge in [-0.15, -0.1) is 0 Å². The first-order valence-electron chi connectivity index (χ1n) is 9.05. The molecule has 1 amide bonds. The molecule has 3 heterocycles. The Balaban J connectivity index is 1.45. The molecule has 28 heavy (non-hydrogen) atoms. The number of morpholine rings is 1. The molecule has 0 saturated carbocycles. The van der Waals surface area contributed by atoms with Crippen molar-refractivity contribution in [2.75, 3.05) is 31.6 Å². The number of rotatable bonds is 4. The van der Waals surface area contributed by atoms with Crippen LogP contribution in [0.15, 0.2) is 35.4 Å². The van der Waals surface area contributed by atoms with Gasteiger partial charge >= 0.3 is 0 Å². The molecule has 0 aliphatic carbocycles. The van der Waals surface area contributed by atoms with Gasteiger partial charge in [-0.1, -0.05) is 11.6 Å².